The van der Waals surface area contributed by atoms with Crippen LogP contribution in [0.15, 0.2) is 35.0 Å². The van der Waals surface area contributed by atoms with Gasteiger partial charge in [-0.25, -0.2) is 9.42 Å². The number of methoxy groups -OCH3 is 3. The molecule has 0 bridgehead atoms. The molecule has 4 heterocycles. The summed E-state index contributed by atoms with van der Waals surface area (Å²) in [6.07, 6.45) is -0.336. The largest absolute Gasteiger partial charge is 0.493 e. The number of cyclic esters (lactones) is 1. The summed E-state index contributed by atoms with van der Waals surface area (Å²) in [7, 11) is 4.45. The number of non-ortho nitro benzene ring substituents is 1. The first kappa shape index (κ1) is 24.7. The lowest BCUT2D eigenvalue weighted by Crippen LogP contribution is -2.39. The van der Waals surface area contributed by atoms with Crippen molar-refractivity contribution in [2.24, 2.45) is 0 Å². The van der Waals surface area contributed by atoms with Gasteiger partial charge in [-0.2, -0.15) is 0 Å². The van der Waals surface area contributed by atoms with Crippen molar-refractivity contribution in [3.8, 4) is 28.7 Å². The van der Waals surface area contributed by atoms with E-state index >= 15 is 0 Å². The highest BCUT2D eigenvalue weighted by molar-refractivity contribution is 5.98. The molecule has 0 unspecified atom stereocenters. The minimum atomic E-state index is -0.865. The number of nitro benzene ring substituents is 1. The van der Waals surface area contributed by atoms with Crippen LogP contribution in [0.4, 0.5) is 11.4 Å². The molecule has 4 aromatic rings. The summed E-state index contributed by atoms with van der Waals surface area (Å²) in [5.74, 6) is 1.45. The van der Waals surface area contributed by atoms with Crippen molar-refractivity contribution in [2.45, 2.75) is 18.6 Å². The normalized spacial score (nSPS) is 18.6. The van der Waals surface area contributed by atoms with Crippen molar-refractivity contribution in [3.63, 3.8) is 0 Å². The van der Waals surface area contributed by atoms with Gasteiger partial charge in [0.1, 0.15) is 11.1 Å². The Kier molecular flexibility index (Phi) is 5.52. The van der Waals surface area contributed by atoms with E-state index in [1.54, 1.807) is 18.2 Å². The van der Waals surface area contributed by atoms with E-state index in [0.29, 0.717) is 52.8 Å². The first-order chi connectivity index (χ1) is 19.9. The van der Waals surface area contributed by atoms with Gasteiger partial charge >= 0.3 is 11.7 Å². The van der Waals surface area contributed by atoms with Gasteiger partial charge in [0, 0.05) is 29.4 Å². The Balaban J connectivity index is 1.48. The number of benzene rings is 3. The third-order valence-corrected chi connectivity index (χ3v) is 7.66. The lowest BCUT2D eigenvalue weighted by molar-refractivity contribution is -0.383. The molecule has 0 radical (unpaired) electrons. The van der Waals surface area contributed by atoms with E-state index in [-0.39, 0.29) is 34.8 Å². The molecule has 3 aromatic carbocycles. The number of esters is 1. The van der Waals surface area contributed by atoms with Gasteiger partial charge in [0.15, 0.2) is 29.1 Å². The summed E-state index contributed by atoms with van der Waals surface area (Å²) in [5, 5.41) is 19.6. The molecule has 1 aromatic heterocycles. The van der Waals surface area contributed by atoms with Crippen molar-refractivity contribution in [3.05, 3.63) is 62.7 Å². The van der Waals surface area contributed by atoms with E-state index in [1.165, 1.54) is 27.4 Å². The van der Waals surface area contributed by atoms with Crippen LogP contribution in [0.2, 0.25) is 0 Å². The summed E-state index contributed by atoms with van der Waals surface area (Å²) >= 11 is 0. The zero-order valence-corrected chi connectivity index (χ0v) is 22.0. The van der Waals surface area contributed by atoms with Crippen LogP contribution in [0.3, 0.4) is 0 Å². The molecule has 3 aliphatic heterocycles. The van der Waals surface area contributed by atoms with Crippen LogP contribution >= 0.6 is 0 Å². The molecule has 2 atom stereocenters. The van der Waals surface area contributed by atoms with E-state index in [9.17, 15) is 14.9 Å². The van der Waals surface area contributed by atoms with Gasteiger partial charge in [-0.1, -0.05) is 6.07 Å². The predicted molar refractivity (Wildman–Crippen MR) is 139 cm³/mol. The van der Waals surface area contributed by atoms with Gasteiger partial charge in [-0.3, -0.25) is 10.1 Å². The number of anilines is 1. The molecule has 210 valence electrons. The maximum atomic E-state index is 13.4. The lowest BCUT2D eigenvalue weighted by Gasteiger charge is -2.42. The third kappa shape index (κ3) is 3.53. The topological polar surface area (TPSA) is 158 Å². The van der Waals surface area contributed by atoms with Crippen molar-refractivity contribution in [1.29, 1.82) is 0 Å². The summed E-state index contributed by atoms with van der Waals surface area (Å²) < 4.78 is 39.1. The number of rotatable bonds is 6. The van der Waals surface area contributed by atoms with Crippen LogP contribution in [0, 0.1) is 10.1 Å². The molecule has 0 amide bonds. The second-order valence-corrected chi connectivity index (χ2v) is 9.55. The summed E-state index contributed by atoms with van der Waals surface area (Å²) in [4.78, 5) is 26.7. The van der Waals surface area contributed by atoms with Gasteiger partial charge in [0.25, 0.3) is 0 Å². The number of nitrogens with zero attached hydrogens (tertiary/aromatic N) is 4. The molecule has 0 N–H and O–H groups in total. The molecule has 41 heavy (non-hydrogen) atoms. The van der Waals surface area contributed by atoms with Crippen LogP contribution in [0.5, 0.6) is 28.7 Å². The van der Waals surface area contributed by atoms with Crippen LogP contribution in [-0.4, -0.2) is 55.9 Å². The SMILES string of the molecule is COc1ccc2c(c1OC)C(=O)O[C@@H]2[C@H]1c2c(cc3c(c2OC)OCO3)CCN1c1cc([N+](=O)[O-])c2nonc2c1. The standard InChI is InChI=1S/C27H22N4O10/c1-35-17-5-4-14-20(24(17)36-2)27(32)40-23(14)22-19-12(8-18-25(26(19)37-3)39-11-38-18)6-7-30(22)13-9-15-21(29-41-28-15)16(10-13)31(33)34/h4-5,8-10,22-23H,6-7,11H2,1-3H3/t22-,23+/m1/s1. The fraction of sp³-hybridized carbons (Fsp3) is 0.296. The fourth-order valence-corrected chi connectivity index (χ4v) is 5.98. The Morgan fingerprint density at radius 2 is 1.88 bits per heavy atom. The van der Waals surface area contributed by atoms with E-state index in [0.717, 1.165) is 5.56 Å². The maximum absolute atomic E-state index is 13.4. The second-order valence-electron chi connectivity index (χ2n) is 9.55. The Morgan fingerprint density at radius 3 is 2.63 bits per heavy atom. The van der Waals surface area contributed by atoms with Gasteiger partial charge in [0.05, 0.1) is 32.3 Å². The quantitative estimate of drug-likeness (QED) is 0.189. The summed E-state index contributed by atoms with van der Waals surface area (Å²) in [6, 6.07) is 7.72. The Morgan fingerprint density at radius 1 is 1.05 bits per heavy atom. The van der Waals surface area contributed by atoms with Gasteiger partial charge in [-0.15, -0.1) is 0 Å². The smallest absolute Gasteiger partial charge is 0.343 e. The van der Waals surface area contributed by atoms with Gasteiger partial charge < -0.3 is 33.3 Å². The summed E-state index contributed by atoms with van der Waals surface area (Å²) in [6.45, 7) is 0.439. The number of nitro groups is 1. The van der Waals surface area contributed by atoms with E-state index in [1.807, 2.05) is 11.0 Å². The second kappa shape index (κ2) is 9.15. The maximum Gasteiger partial charge on any atom is 0.343 e. The fourth-order valence-electron chi connectivity index (χ4n) is 5.98. The number of carbonyl (C=O) groups is 1. The van der Waals surface area contributed by atoms with Gasteiger partial charge in [-0.05, 0) is 40.5 Å². The molecule has 0 saturated heterocycles. The lowest BCUT2D eigenvalue weighted by atomic mass is 9.84. The van der Waals surface area contributed by atoms with Crippen molar-refractivity contribution < 1.29 is 42.8 Å². The summed E-state index contributed by atoms with van der Waals surface area (Å²) in [5.41, 5.74) is 2.84. The Labute approximate surface area is 231 Å². The van der Waals surface area contributed by atoms with Crippen molar-refractivity contribution in [1.82, 2.24) is 10.3 Å². The zero-order chi connectivity index (χ0) is 28.4. The molecule has 0 saturated carbocycles. The van der Waals surface area contributed by atoms with Crippen molar-refractivity contribution >= 4 is 28.4 Å². The Hall–Kier alpha value is -5.27. The van der Waals surface area contributed by atoms with E-state index in [4.69, 9.17) is 33.1 Å². The number of carbonyl (C=O) groups excluding carboxylic acids is 1. The van der Waals surface area contributed by atoms with Crippen LogP contribution in [-0.2, 0) is 11.2 Å². The highest BCUT2D eigenvalue weighted by atomic mass is 16.7. The number of ether oxygens (including phenoxy) is 6. The third-order valence-electron chi connectivity index (χ3n) is 7.66. The van der Waals surface area contributed by atoms with Crippen LogP contribution in [0.1, 0.15) is 39.2 Å². The monoisotopic (exact) mass is 562 g/mol. The first-order valence-corrected chi connectivity index (χ1v) is 12.6. The minimum absolute atomic E-state index is 0.0307. The average molecular weight is 562 g/mol. The molecule has 14 nitrogen and oxygen atoms in total. The Bertz CT molecular complexity index is 1750. The molecule has 7 rings (SSSR count). The van der Waals surface area contributed by atoms with E-state index in [2.05, 4.69) is 10.3 Å². The zero-order valence-electron chi connectivity index (χ0n) is 22.0. The number of fused-ring (bicyclic) bond motifs is 4. The van der Waals surface area contributed by atoms with Gasteiger partial charge in [0.2, 0.25) is 18.1 Å². The number of hydrogen-bond donors (Lipinski definition) is 0. The number of aromatic nitrogens is 2. The molecule has 14 heteroatoms. The molecular weight excluding hydrogens is 540 g/mol. The number of hydrogen-bond acceptors (Lipinski definition) is 13. The molecule has 0 spiro atoms. The van der Waals surface area contributed by atoms with E-state index < -0.39 is 23.0 Å². The highest BCUT2D eigenvalue weighted by Crippen LogP contribution is 2.56. The first-order valence-electron chi connectivity index (χ1n) is 12.6. The highest BCUT2D eigenvalue weighted by Gasteiger charge is 2.47. The predicted octanol–water partition coefficient (Wildman–Crippen LogP) is 3.90. The molecule has 3 aliphatic rings. The molecule has 0 fully saturated rings. The van der Waals surface area contributed by atoms with Crippen LogP contribution < -0.4 is 28.6 Å². The van der Waals surface area contributed by atoms with Crippen LogP contribution in [0.25, 0.3) is 11.0 Å². The minimum Gasteiger partial charge on any atom is -0.493 e. The average Bonchev–Trinajstić information content (AvgIpc) is 3.73. The molecular formula is C27H22N4O10. The molecule has 0 aliphatic carbocycles. The van der Waals surface area contributed by atoms with Crippen molar-refractivity contribution in [2.75, 3.05) is 39.6 Å².